The lowest BCUT2D eigenvalue weighted by Crippen LogP contribution is -2.41. The molecule has 4 nitrogen and oxygen atoms in total. The number of benzene rings is 2. The van der Waals surface area contributed by atoms with Crippen LogP contribution in [-0.4, -0.2) is 45.1 Å². The number of amides is 1. The van der Waals surface area contributed by atoms with E-state index >= 15 is 0 Å². The van der Waals surface area contributed by atoms with E-state index in [0.29, 0.717) is 42.9 Å². The maximum atomic E-state index is 13.7. The van der Waals surface area contributed by atoms with Gasteiger partial charge in [0.1, 0.15) is 5.75 Å². The Morgan fingerprint density at radius 1 is 1.18 bits per heavy atom. The number of alkyl halides is 3. The fraction of sp³-hybridized carbons (Fsp3) is 0.400. The molecular formula is C25H30ClF3N2O2. The van der Waals surface area contributed by atoms with Crippen LogP contribution >= 0.6 is 12.4 Å². The highest BCUT2D eigenvalue weighted by molar-refractivity contribution is 5.97. The molecule has 1 aliphatic heterocycles. The summed E-state index contributed by atoms with van der Waals surface area (Å²) in [6.07, 6.45) is -1.97. The summed E-state index contributed by atoms with van der Waals surface area (Å²) < 4.78 is 45.7. The zero-order valence-corrected chi connectivity index (χ0v) is 19.9. The number of ether oxygens (including phenoxy) is 1. The van der Waals surface area contributed by atoms with Gasteiger partial charge in [-0.05, 0) is 74.3 Å². The van der Waals surface area contributed by atoms with E-state index in [4.69, 9.17) is 4.74 Å². The van der Waals surface area contributed by atoms with E-state index < -0.39 is 17.7 Å². The standard InChI is InChI=1S/C25H29F3N2O2.ClH/c1-5-6-21-22(17-7-10-20(32-4)11-8-17)16-18-15-19(25(26,27)28)9-12-23(18)30(24(21)31)14-13-29(2)3;/h5,7-12,15,21-22H,1,6,13-14,16H2,2-4H3;1H/t21-,22+;/m0./s1. The molecule has 2 aromatic carbocycles. The van der Waals surface area contributed by atoms with Crippen LogP contribution in [0.1, 0.15) is 29.0 Å². The number of rotatable bonds is 7. The number of likely N-dealkylation sites (N-methyl/N-ethyl adjacent to an activating group) is 1. The molecular weight excluding hydrogens is 453 g/mol. The van der Waals surface area contributed by atoms with E-state index in [2.05, 4.69) is 6.58 Å². The number of carbonyl (C=O) groups excluding carboxylic acids is 1. The summed E-state index contributed by atoms with van der Waals surface area (Å²) >= 11 is 0. The molecule has 0 saturated heterocycles. The summed E-state index contributed by atoms with van der Waals surface area (Å²) in [5, 5.41) is 0. The molecule has 0 aliphatic carbocycles. The van der Waals surface area contributed by atoms with Gasteiger partial charge in [0, 0.05) is 24.7 Å². The Morgan fingerprint density at radius 2 is 1.85 bits per heavy atom. The van der Waals surface area contributed by atoms with Gasteiger partial charge in [-0.3, -0.25) is 4.79 Å². The normalized spacial score (nSPS) is 18.4. The van der Waals surface area contributed by atoms with Crippen LogP contribution in [0, 0.1) is 5.92 Å². The van der Waals surface area contributed by atoms with Crippen molar-refractivity contribution in [3.63, 3.8) is 0 Å². The van der Waals surface area contributed by atoms with Crippen molar-refractivity contribution in [2.24, 2.45) is 5.92 Å². The van der Waals surface area contributed by atoms with Gasteiger partial charge >= 0.3 is 6.18 Å². The summed E-state index contributed by atoms with van der Waals surface area (Å²) in [6, 6.07) is 11.1. The van der Waals surface area contributed by atoms with Crippen LogP contribution in [0.2, 0.25) is 0 Å². The Balaban J connectivity index is 0.00000385. The largest absolute Gasteiger partial charge is 0.497 e. The van der Waals surface area contributed by atoms with E-state index in [0.717, 1.165) is 11.6 Å². The summed E-state index contributed by atoms with van der Waals surface area (Å²) in [4.78, 5) is 17.3. The Bertz CT molecular complexity index is 961. The highest BCUT2D eigenvalue weighted by Crippen LogP contribution is 2.42. The van der Waals surface area contributed by atoms with Gasteiger partial charge < -0.3 is 14.5 Å². The summed E-state index contributed by atoms with van der Waals surface area (Å²) in [7, 11) is 5.37. The van der Waals surface area contributed by atoms with Gasteiger partial charge in [-0.15, -0.1) is 19.0 Å². The number of hydrogen-bond acceptors (Lipinski definition) is 3. The van der Waals surface area contributed by atoms with Crippen molar-refractivity contribution in [2.45, 2.75) is 24.9 Å². The van der Waals surface area contributed by atoms with Crippen LogP contribution in [0.3, 0.4) is 0 Å². The molecule has 2 aromatic rings. The highest BCUT2D eigenvalue weighted by atomic mass is 35.5. The van der Waals surface area contributed by atoms with Gasteiger partial charge in [0.2, 0.25) is 5.91 Å². The lowest BCUT2D eigenvalue weighted by atomic mass is 9.80. The van der Waals surface area contributed by atoms with Crippen molar-refractivity contribution in [1.82, 2.24) is 4.90 Å². The molecule has 33 heavy (non-hydrogen) atoms. The molecule has 0 bridgehead atoms. The Kier molecular flexibility index (Phi) is 8.97. The zero-order chi connectivity index (χ0) is 23.5. The number of halogens is 4. The fourth-order valence-corrected chi connectivity index (χ4v) is 4.24. The van der Waals surface area contributed by atoms with Gasteiger partial charge in [0.25, 0.3) is 0 Å². The molecule has 1 amide bonds. The van der Waals surface area contributed by atoms with Crippen molar-refractivity contribution in [3.05, 3.63) is 71.8 Å². The molecule has 0 fully saturated rings. The van der Waals surface area contributed by atoms with Crippen molar-refractivity contribution in [3.8, 4) is 5.75 Å². The highest BCUT2D eigenvalue weighted by Gasteiger charge is 2.39. The molecule has 1 aliphatic rings. The Labute approximate surface area is 199 Å². The van der Waals surface area contributed by atoms with Gasteiger partial charge in [-0.2, -0.15) is 13.2 Å². The van der Waals surface area contributed by atoms with Crippen molar-refractivity contribution in [1.29, 1.82) is 0 Å². The molecule has 0 spiro atoms. The first-order valence-electron chi connectivity index (χ1n) is 10.6. The van der Waals surface area contributed by atoms with Crippen LogP contribution in [0.15, 0.2) is 55.1 Å². The second kappa shape index (κ2) is 11.1. The van der Waals surface area contributed by atoms with Gasteiger partial charge in [-0.25, -0.2) is 0 Å². The number of methoxy groups -OCH3 is 1. The maximum absolute atomic E-state index is 13.7. The monoisotopic (exact) mass is 482 g/mol. The molecule has 2 atom stereocenters. The molecule has 0 unspecified atom stereocenters. The van der Waals surface area contributed by atoms with E-state index in [1.165, 1.54) is 12.1 Å². The Hall–Kier alpha value is -2.51. The average Bonchev–Trinajstić information content (AvgIpc) is 2.86. The van der Waals surface area contributed by atoms with Crippen molar-refractivity contribution < 1.29 is 22.7 Å². The van der Waals surface area contributed by atoms with Crippen LogP contribution in [-0.2, 0) is 17.4 Å². The minimum atomic E-state index is -4.45. The lowest BCUT2D eigenvalue weighted by molar-refractivity contribution is -0.137. The smallest absolute Gasteiger partial charge is 0.416 e. The Morgan fingerprint density at radius 3 is 2.39 bits per heavy atom. The zero-order valence-electron chi connectivity index (χ0n) is 19.1. The van der Waals surface area contributed by atoms with Crippen molar-refractivity contribution in [2.75, 3.05) is 39.2 Å². The fourth-order valence-electron chi connectivity index (χ4n) is 4.24. The molecule has 180 valence electrons. The molecule has 3 rings (SSSR count). The second-order valence-electron chi connectivity index (χ2n) is 8.35. The third kappa shape index (κ3) is 6.09. The van der Waals surface area contributed by atoms with Crippen LogP contribution < -0.4 is 9.64 Å². The third-order valence-electron chi connectivity index (χ3n) is 5.94. The van der Waals surface area contributed by atoms with Gasteiger partial charge in [-0.1, -0.05) is 18.2 Å². The number of anilines is 1. The average molecular weight is 483 g/mol. The SMILES string of the molecule is C=CC[C@@H]1C(=O)N(CCN(C)C)c2ccc(C(F)(F)F)cc2C[C@@H]1c1ccc(OC)cc1.Cl. The van der Waals surface area contributed by atoms with E-state index in [-0.39, 0.29) is 24.2 Å². The second-order valence-corrected chi connectivity index (χ2v) is 8.35. The minimum absolute atomic E-state index is 0. The maximum Gasteiger partial charge on any atom is 0.416 e. The molecule has 8 heteroatoms. The van der Waals surface area contributed by atoms with Gasteiger partial charge in [0.05, 0.1) is 12.7 Å². The van der Waals surface area contributed by atoms with Crippen LogP contribution in [0.25, 0.3) is 0 Å². The van der Waals surface area contributed by atoms with E-state index in [1.807, 2.05) is 43.3 Å². The van der Waals surface area contributed by atoms with Crippen molar-refractivity contribution >= 4 is 24.0 Å². The summed E-state index contributed by atoms with van der Waals surface area (Å²) in [5.74, 6) is -0.116. The minimum Gasteiger partial charge on any atom is -0.497 e. The number of nitrogens with zero attached hydrogens (tertiary/aromatic N) is 2. The topological polar surface area (TPSA) is 32.8 Å². The van der Waals surface area contributed by atoms with E-state index in [1.54, 1.807) is 18.1 Å². The molecule has 0 aromatic heterocycles. The number of allylic oxidation sites excluding steroid dienone is 1. The van der Waals surface area contributed by atoms with E-state index in [9.17, 15) is 18.0 Å². The molecule has 0 N–H and O–H groups in total. The van der Waals surface area contributed by atoms with Crippen LogP contribution in [0.4, 0.5) is 18.9 Å². The predicted molar refractivity (Wildman–Crippen MR) is 127 cm³/mol. The first-order valence-corrected chi connectivity index (χ1v) is 10.6. The quantitative estimate of drug-likeness (QED) is 0.484. The van der Waals surface area contributed by atoms with Gasteiger partial charge in [0.15, 0.2) is 0 Å². The first kappa shape index (κ1) is 26.7. The number of hydrogen-bond donors (Lipinski definition) is 0. The predicted octanol–water partition coefficient (Wildman–Crippen LogP) is 5.56. The molecule has 0 saturated carbocycles. The number of carbonyl (C=O) groups is 1. The first-order chi connectivity index (χ1) is 15.2. The lowest BCUT2D eigenvalue weighted by Gasteiger charge is -2.29. The summed E-state index contributed by atoms with van der Waals surface area (Å²) in [5.41, 5.74) is 1.27. The summed E-state index contributed by atoms with van der Waals surface area (Å²) in [6.45, 7) is 4.82. The van der Waals surface area contributed by atoms with Crippen LogP contribution in [0.5, 0.6) is 5.75 Å². The third-order valence-corrected chi connectivity index (χ3v) is 5.94. The number of fused-ring (bicyclic) bond motifs is 1. The molecule has 0 radical (unpaired) electrons. The molecule has 1 heterocycles.